The summed E-state index contributed by atoms with van der Waals surface area (Å²) in [6.07, 6.45) is 0.291. The van der Waals surface area contributed by atoms with Crippen molar-refractivity contribution in [2.45, 2.75) is 11.7 Å². The van der Waals surface area contributed by atoms with Gasteiger partial charge < -0.3 is 5.73 Å². The van der Waals surface area contributed by atoms with Crippen molar-refractivity contribution in [2.24, 2.45) is 5.73 Å². The van der Waals surface area contributed by atoms with Crippen LogP contribution in [0.2, 0.25) is 10.0 Å². The van der Waals surface area contributed by atoms with Gasteiger partial charge in [-0.3, -0.25) is 14.5 Å². The summed E-state index contributed by atoms with van der Waals surface area (Å²) in [7, 11) is 0. The summed E-state index contributed by atoms with van der Waals surface area (Å²) < 4.78 is 13.3. The van der Waals surface area contributed by atoms with Gasteiger partial charge in [0.15, 0.2) is 0 Å². The van der Waals surface area contributed by atoms with Crippen molar-refractivity contribution in [3.05, 3.63) is 74.5 Å². The third-order valence-electron chi connectivity index (χ3n) is 4.01. The highest BCUT2D eigenvalue weighted by atomic mass is 35.5. The van der Waals surface area contributed by atoms with E-state index in [1.807, 2.05) is 0 Å². The first kappa shape index (κ1) is 20.2. The number of nitriles is 1. The molecular formula is C19H12Cl2FN3O2S. The van der Waals surface area contributed by atoms with E-state index in [4.69, 9.17) is 28.9 Å². The number of halogens is 3. The molecular weight excluding hydrogens is 424 g/mol. The molecule has 28 heavy (non-hydrogen) atoms. The SMILES string of the molecule is N#C/C(C(N)=O)=C1\S[C@H](Cc2ccc(Cl)c(Cl)c2)C(=O)N1c1ccc(F)cc1. The van der Waals surface area contributed by atoms with Gasteiger partial charge in [0.05, 0.1) is 15.3 Å². The zero-order valence-corrected chi connectivity index (χ0v) is 16.5. The highest BCUT2D eigenvalue weighted by molar-refractivity contribution is 8.05. The van der Waals surface area contributed by atoms with E-state index in [0.717, 1.165) is 17.3 Å². The second-order valence-corrected chi connectivity index (χ2v) is 7.87. The number of rotatable bonds is 4. The minimum absolute atomic E-state index is 0.122. The van der Waals surface area contributed by atoms with Crippen LogP contribution >= 0.6 is 35.0 Å². The van der Waals surface area contributed by atoms with E-state index < -0.39 is 17.0 Å². The number of nitrogens with two attached hydrogens (primary N) is 1. The lowest BCUT2D eigenvalue weighted by molar-refractivity contribution is -0.117. The molecule has 2 amide bonds. The van der Waals surface area contributed by atoms with Gasteiger partial charge >= 0.3 is 0 Å². The first-order chi connectivity index (χ1) is 13.3. The first-order valence-electron chi connectivity index (χ1n) is 7.96. The summed E-state index contributed by atoms with van der Waals surface area (Å²) >= 11 is 13.0. The van der Waals surface area contributed by atoms with Crippen LogP contribution in [0, 0.1) is 17.1 Å². The summed E-state index contributed by atoms with van der Waals surface area (Å²) in [6, 6.07) is 11.9. The normalized spacial score (nSPS) is 18.1. The van der Waals surface area contributed by atoms with Crippen molar-refractivity contribution < 1.29 is 14.0 Å². The van der Waals surface area contributed by atoms with E-state index in [9.17, 15) is 19.2 Å². The molecule has 1 atom stereocenters. The number of hydrogen-bond acceptors (Lipinski definition) is 4. The topological polar surface area (TPSA) is 87.2 Å². The van der Waals surface area contributed by atoms with Gasteiger partial charge in [-0.2, -0.15) is 5.26 Å². The Labute approximate surface area is 174 Å². The predicted molar refractivity (Wildman–Crippen MR) is 107 cm³/mol. The van der Waals surface area contributed by atoms with Gasteiger partial charge in [0.1, 0.15) is 22.5 Å². The lowest BCUT2D eigenvalue weighted by atomic mass is 10.1. The molecule has 2 N–H and O–H groups in total. The third kappa shape index (κ3) is 3.99. The molecule has 1 aliphatic heterocycles. The van der Waals surface area contributed by atoms with E-state index in [1.54, 1.807) is 24.3 Å². The maximum absolute atomic E-state index is 13.3. The molecule has 0 aliphatic carbocycles. The number of benzene rings is 2. The van der Waals surface area contributed by atoms with Crippen molar-refractivity contribution in [3.8, 4) is 6.07 Å². The molecule has 0 unspecified atom stereocenters. The average Bonchev–Trinajstić information content (AvgIpc) is 2.95. The molecule has 3 rings (SSSR count). The summed E-state index contributed by atoms with van der Waals surface area (Å²) in [5, 5.41) is 9.59. The molecule has 142 valence electrons. The summed E-state index contributed by atoms with van der Waals surface area (Å²) in [5.74, 6) is -1.77. The molecule has 1 aliphatic rings. The Balaban J connectivity index is 2.02. The molecule has 2 aromatic rings. The van der Waals surface area contributed by atoms with Crippen molar-refractivity contribution in [1.82, 2.24) is 0 Å². The number of nitrogens with zero attached hydrogens (tertiary/aromatic N) is 2. The smallest absolute Gasteiger partial charge is 0.262 e. The van der Waals surface area contributed by atoms with Crippen LogP contribution < -0.4 is 10.6 Å². The fourth-order valence-corrected chi connectivity index (χ4v) is 4.34. The molecule has 5 nitrogen and oxygen atoms in total. The van der Waals surface area contributed by atoms with E-state index in [-0.39, 0.29) is 16.5 Å². The molecule has 0 bridgehead atoms. The van der Waals surface area contributed by atoms with Gasteiger partial charge in [-0.25, -0.2) is 4.39 Å². The highest BCUT2D eigenvalue weighted by Gasteiger charge is 2.40. The van der Waals surface area contributed by atoms with E-state index in [1.165, 1.54) is 29.2 Å². The molecule has 1 fully saturated rings. The summed E-state index contributed by atoms with van der Waals surface area (Å²) in [4.78, 5) is 26.0. The van der Waals surface area contributed by atoms with Crippen LogP contribution in [0.25, 0.3) is 0 Å². The van der Waals surface area contributed by atoms with Crippen LogP contribution in [0.15, 0.2) is 53.1 Å². The van der Waals surface area contributed by atoms with Gasteiger partial charge in [0.2, 0.25) is 5.91 Å². The zero-order chi connectivity index (χ0) is 20.4. The predicted octanol–water partition coefficient (Wildman–Crippen LogP) is 4.04. The van der Waals surface area contributed by atoms with Crippen LogP contribution in [-0.4, -0.2) is 17.1 Å². The van der Waals surface area contributed by atoms with E-state index in [0.29, 0.717) is 22.2 Å². The lowest BCUT2D eigenvalue weighted by Gasteiger charge is -2.18. The number of thioether (sulfide) groups is 1. The van der Waals surface area contributed by atoms with Crippen molar-refractivity contribution in [1.29, 1.82) is 5.26 Å². The number of carbonyl (C=O) groups is 2. The Bertz CT molecular complexity index is 1030. The van der Waals surface area contributed by atoms with Crippen LogP contribution in [0.5, 0.6) is 0 Å². The van der Waals surface area contributed by atoms with Crippen molar-refractivity contribution in [3.63, 3.8) is 0 Å². The van der Waals surface area contributed by atoms with Crippen molar-refractivity contribution in [2.75, 3.05) is 4.90 Å². The Hall–Kier alpha value is -2.53. The quantitative estimate of drug-likeness (QED) is 0.579. The fraction of sp³-hybridized carbons (Fsp3) is 0.105. The molecule has 0 radical (unpaired) electrons. The lowest BCUT2D eigenvalue weighted by Crippen LogP contribution is -2.31. The van der Waals surface area contributed by atoms with Crippen LogP contribution in [0.4, 0.5) is 10.1 Å². The number of hydrogen-bond donors (Lipinski definition) is 1. The van der Waals surface area contributed by atoms with Crippen LogP contribution in [0.3, 0.4) is 0 Å². The number of amides is 2. The second-order valence-electron chi connectivity index (χ2n) is 5.87. The van der Waals surface area contributed by atoms with Gasteiger partial charge in [0.25, 0.3) is 5.91 Å². The minimum atomic E-state index is -0.944. The summed E-state index contributed by atoms with van der Waals surface area (Å²) in [5.41, 5.74) is 6.07. The summed E-state index contributed by atoms with van der Waals surface area (Å²) in [6.45, 7) is 0. The van der Waals surface area contributed by atoms with E-state index in [2.05, 4.69) is 0 Å². The van der Waals surface area contributed by atoms with E-state index >= 15 is 0 Å². The van der Waals surface area contributed by atoms with Crippen LogP contribution in [0.1, 0.15) is 5.56 Å². The second kappa shape index (κ2) is 8.23. The molecule has 0 aromatic heterocycles. The molecule has 0 saturated carbocycles. The zero-order valence-electron chi connectivity index (χ0n) is 14.2. The fourth-order valence-electron chi connectivity index (χ4n) is 2.71. The van der Waals surface area contributed by atoms with Gasteiger partial charge in [-0.1, -0.05) is 41.0 Å². The largest absolute Gasteiger partial charge is 0.365 e. The average molecular weight is 436 g/mol. The van der Waals surface area contributed by atoms with Gasteiger partial charge in [-0.05, 0) is 48.4 Å². The molecule has 1 saturated heterocycles. The minimum Gasteiger partial charge on any atom is -0.365 e. The monoisotopic (exact) mass is 435 g/mol. The molecule has 9 heteroatoms. The number of primary amides is 1. The van der Waals surface area contributed by atoms with Crippen molar-refractivity contribution >= 4 is 52.5 Å². The Morgan fingerprint density at radius 1 is 1.21 bits per heavy atom. The maximum atomic E-state index is 13.3. The Kier molecular flexibility index (Phi) is 5.94. The van der Waals surface area contributed by atoms with Gasteiger partial charge in [-0.15, -0.1) is 0 Å². The highest BCUT2D eigenvalue weighted by Crippen LogP contribution is 2.42. The van der Waals surface area contributed by atoms with Crippen LogP contribution in [-0.2, 0) is 16.0 Å². The third-order valence-corrected chi connectivity index (χ3v) is 6.02. The number of carbonyl (C=O) groups excluding carboxylic acids is 2. The molecule has 1 heterocycles. The number of anilines is 1. The maximum Gasteiger partial charge on any atom is 0.262 e. The standard InChI is InChI=1S/C19H12Cl2FN3O2S/c20-14-6-1-10(7-15(14)21)8-16-18(27)25(12-4-2-11(22)3-5-12)19(28-16)13(9-23)17(24)26/h1-7,16H,8H2,(H2,24,26)/b19-13+/t16-/m1/s1. The van der Waals surface area contributed by atoms with Gasteiger partial charge in [0, 0.05) is 5.69 Å². The Morgan fingerprint density at radius 2 is 1.89 bits per heavy atom. The molecule has 0 spiro atoms. The Morgan fingerprint density at radius 3 is 2.46 bits per heavy atom. The molecule has 2 aromatic carbocycles. The first-order valence-corrected chi connectivity index (χ1v) is 9.59.